The second kappa shape index (κ2) is 6.46. The minimum absolute atomic E-state index is 0.0273. The first-order valence-electron chi connectivity index (χ1n) is 7.93. The molecule has 0 bridgehead atoms. The molecule has 0 radical (unpaired) electrons. The van der Waals surface area contributed by atoms with Crippen molar-refractivity contribution in [3.8, 4) is 0 Å². The van der Waals surface area contributed by atoms with Gasteiger partial charge in [-0.05, 0) is 38.3 Å². The van der Waals surface area contributed by atoms with Crippen LogP contribution in [-0.4, -0.2) is 36.1 Å². The van der Waals surface area contributed by atoms with Crippen LogP contribution in [0, 0.1) is 6.92 Å². The van der Waals surface area contributed by atoms with Gasteiger partial charge in [0, 0.05) is 16.4 Å². The number of hydrogen-bond donors (Lipinski definition) is 1. The number of aryl methyl sites for hydroxylation is 1. The van der Waals surface area contributed by atoms with Crippen molar-refractivity contribution in [2.45, 2.75) is 57.8 Å². The summed E-state index contributed by atoms with van der Waals surface area (Å²) in [6.45, 7) is 5.74. The van der Waals surface area contributed by atoms with Gasteiger partial charge in [0.2, 0.25) is 5.91 Å². The minimum atomic E-state index is -0.0377. The molecule has 0 aromatic carbocycles. The summed E-state index contributed by atoms with van der Waals surface area (Å²) < 4.78 is 5.61. The summed E-state index contributed by atoms with van der Waals surface area (Å²) in [5.74, 6) is 0.253. The average molecular weight is 308 g/mol. The Kier molecular flexibility index (Phi) is 4.62. The van der Waals surface area contributed by atoms with E-state index in [0.717, 1.165) is 32.3 Å². The second-order valence-electron chi connectivity index (χ2n) is 5.98. The van der Waals surface area contributed by atoms with Crippen LogP contribution < -0.4 is 5.32 Å². The highest BCUT2D eigenvalue weighted by Gasteiger charge is 2.43. The third-order valence-electron chi connectivity index (χ3n) is 4.33. The lowest BCUT2D eigenvalue weighted by molar-refractivity contribution is -0.135. The van der Waals surface area contributed by atoms with Crippen LogP contribution in [0.1, 0.15) is 48.5 Å². The molecule has 3 heterocycles. The van der Waals surface area contributed by atoms with Gasteiger partial charge < -0.3 is 9.64 Å². The molecule has 1 aromatic heterocycles. The third kappa shape index (κ3) is 3.00. The first-order chi connectivity index (χ1) is 10.2. The fourth-order valence-corrected chi connectivity index (χ4v) is 4.24. The molecule has 3 atom stereocenters. The van der Waals surface area contributed by atoms with Crippen LogP contribution in [0.3, 0.4) is 0 Å². The van der Waals surface area contributed by atoms with Crippen LogP contribution in [-0.2, 0) is 9.53 Å². The fraction of sp³-hybridized carbons (Fsp3) is 0.688. The Labute approximate surface area is 130 Å². The first-order valence-corrected chi connectivity index (χ1v) is 8.74. The number of amides is 1. The summed E-state index contributed by atoms with van der Waals surface area (Å²) in [6.07, 6.45) is 4.05. The molecule has 1 N–H and O–H groups in total. The number of carbonyl (C=O) groups excluding carboxylic acids is 1. The number of ether oxygens (including phenoxy) is 1. The second-order valence-corrected chi connectivity index (χ2v) is 7.29. The number of nitrogens with one attached hydrogen (secondary N) is 1. The maximum absolute atomic E-state index is 12.8. The van der Waals surface area contributed by atoms with Gasteiger partial charge in [0.25, 0.3) is 0 Å². The van der Waals surface area contributed by atoms with E-state index in [-0.39, 0.29) is 24.2 Å². The van der Waals surface area contributed by atoms with Gasteiger partial charge in [0.15, 0.2) is 0 Å². The van der Waals surface area contributed by atoms with E-state index in [2.05, 4.69) is 36.2 Å². The van der Waals surface area contributed by atoms with E-state index < -0.39 is 0 Å². The highest BCUT2D eigenvalue weighted by atomic mass is 32.1. The molecule has 2 fully saturated rings. The van der Waals surface area contributed by atoms with Gasteiger partial charge in [-0.3, -0.25) is 10.1 Å². The Balaban J connectivity index is 1.85. The van der Waals surface area contributed by atoms with Gasteiger partial charge in [-0.2, -0.15) is 0 Å². The standard InChI is InChI=1S/C16H24N2O2S/c1-3-5-13-16(19)18(12-6-4-9-20-10-12)15(17-13)14-8-7-11(2)21-14/h7-8,12-13,15,17H,3-6,9-10H2,1-2H3. The average Bonchev–Trinajstić information content (AvgIpc) is 3.05. The summed E-state index contributed by atoms with van der Waals surface area (Å²) in [5, 5.41) is 3.55. The summed E-state index contributed by atoms with van der Waals surface area (Å²) in [6, 6.07) is 4.46. The number of rotatable bonds is 4. The lowest BCUT2D eigenvalue weighted by Crippen LogP contribution is -2.44. The van der Waals surface area contributed by atoms with E-state index in [1.165, 1.54) is 9.75 Å². The lowest BCUT2D eigenvalue weighted by atomic mass is 10.1. The smallest absolute Gasteiger partial charge is 0.241 e. The van der Waals surface area contributed by atoms with Gasteiger partial charge in [0.05, 0.1) is 18.7 Å². The van der Waals surface area contributed by atoms with Crippen LogP contribution in [0.25, 0.3) is 0 Å². The van der Waals surface area contributed by atoms with E-state index in [4.69, 9.17) is 4.74 Å². The van der Waals surface area contributed by atoms with Crippen molar-refractivity contribution < 1.29 is 9.53 Å². The molecule has 2 aliphatic rings. The van der Waals surface area contributed by atoms with E-state index in [9.17, 15) is 4.79 Å². The van der Waals surface area contributed by atoms with E-state index in [0.29, 0.717) is 6.61 Å². The molecule has 3 unspecified atom stereocenters. The van der Waals surface area contributed by atoms with Crippen molar-refractivity contribution in [2.75, 3.05) is 13.2 Å². The number of thiophene rings is 1. The summed E-state index contributed by atoms with van der Waals surface area (Å²) in [7, 11) is 0. The molecule has 2 aliphatic heterocycles. The zero-order chi connectivity index (χ0) is 14.8. The molecule has 1 aromatic rings. The van der Waals surface area contributed by atoms with Crippen LogP contribution in [0.2, 0.25) is 0 Å². The summed E-state index contributed by atoms with van der Waals surface area (Å²) >= 11 is 1.78. The molecule has 4 nitrogen and oxygen atoms in total. The highest BCUT2D eigenvalue weighted by molar-refractivity contribution is 7.12. The molecule has 2 saturated heterocycles. The van der Waals surface area contributed by atoms with Crippen molar-refractivity contribution >= 4 is 17.2 Å². The summed E-state index contributed by atoms with van der Waals surface area (Å²) in [4.78, 5) is 17.4. The van der Waals surface area contributed by atoms with Crippen LogP contribution >= 0.6 is 11.3 Å². The quantitative estimate of drug-likeness (QED) is 0.930. The van der Waals surface area contributed by atoms with Crippen LogP contribution in [0.4, 0.5) is 0 Å². The molecule has 1 amide bonds. The predicted octanol–water partition coefficient (Wildman–Crippen LogP) is 2.83. The highest BCUT2D eigenvalue weighted by Crippen LogP contribution is 2.34. The van der Waals surface area contributed by atoms with Gasteiger partial charge in [0.1, 0.15) is 6.17 Å². The zero-order valence-corrected chi connectivity index (χ0v) is 13.6. The molecule has 3 rings (SSSR count). The molecule has 0 spiro atoms. The Hall–Kier alpha value is -0.910. The van der Waals surface area contributed by atoms with Gasteiger partial charge >= 0.3 is 0 Å². The molecule has 0 saturated carbocycles. The van der Waals surface area contributed by atoms with Crippen molar-refractivity contribution in [2.24, 2.45) is 0 Å². The Morgan fingerprint density at radius 2 is 2.33 bits per heavy atom. The van der Waals surface area contributed by atoms with Crippen molar-refractivity contribution in [1.29, 1.82) is 0 Å². The fourth-order valence-electron chi connectivity index (χ4n) is 3.30. The van der Waals surface area contributed by atoms with Crippen molar-refractivity contribution in [1.82, 2.24) is 10.2 Å². The Morgan fingerprint density at radius 3 is 2.95 bits per heavy atom. The zero-order valence-electron chi connectivity index (χ0n) is 12.8. The predicted molar refractivity (Wildman–Crippen MR) is 84.3 cm³/mol. The topological polar surface area (TPSA) is 41.6 Å². The molecular weight excluding hydrogens is 284 g/mol. The molecule has 5 heteroatoms. The normalized spacial score (nSPS) is 30.1. The summed E-state index contributed by atoms with van der Waals surface area (Å²) in [5.41, 5.74) is 0. The number of hydrogen-bond acceptors (Lipinski definition) is 4. The molecule has 21 heavy (non-hydrogen) atoms. The molecule has 116 valence electrons. The van der Waals surface area contributed by atoms with E-state index >= 15 is 0 Å². The first kappa shape index (κ1) is 15.0. The Morgan fingerprint density at radius 1 is 1.48 bits per heavy atom. The largest absolute Gasteiger partial charge is 0.379 e. The number of nitrogens with zero attached hydrogens (tertiary/aromatic N) is 1. The Bertz CT molecular complexity index is 496. The van der Waals surface area contributed by atoms with Crippen molar-refractivity contribution in [3.05, 3.63) is 21.9 Å². The van der Waals surface area contributed by atoms with E-state index in [1.807, 2.05) is 0 Å². The van der Waals surface area contributed by atoms with Crippen molar-refractivity contribution in [3.63, 3.8) is 0 Å². The number of carbonyl (C=O) groups is 1. The lowest BCUT2D eigenvalue weighted by Gasteiger charge is -2.34. The maximum atomic E-state index is 12.8. The van der Waals surface area contributed by atoms with Gasteiger partial charge in [-0.15, -0.1) is 11.3 Å². The maximum Gasteiger partial charge on any atom is 0.241 e. The third-order valence-corrected chi connectivity index (χ3v) is 5.38. The molecular formula is C16H24N2O2S. The van der Waals surface area contributed by atoms with Crippen LogP contribution in [0.5, 0.6) is 0 Å². The monoisotopic (exact) mass is 308 g/mol. The van der Waals surface area contributed by atoms with E-state index in [1.54, 1.807) is 11.3 Å². The minimum Gasteiger partial charge on any atom is -0.379 e. The van der Waals surface area contributed by atoms with Crippen LogP contribution in [0.15, 0.2) is 12.1 Å². The molecule has 0 aliphatic carbocycles. The van der Waals surface area contributed by atoms with Gasteiger partial charge in [-0.25, -0.2) is 0 Å². The van der Waals surface area contributed by atoms with Gasteiger partial charge in [-0.1, -0.05) is 13.3 Å². The SMILES string of the molecule is CCCC1NC(c2ccc(C)s2)N(C2CCCOC2)C1=O.